The topological polar surface area (TPSA) is 79.5 Å². The zero-order valence-corrected chi connectivity index (χ0v) is 17.1. The lowest BCUT2D eigenvalue weighted by Crippen LogP contribution is -2.33. The van der Waals surface area contributed by atoms with Gasteiger partial charge in [0, 0.05) is 17.3 Å². The van der Waals surface area contributed by atoms with Gasteiger partial charge in [0.2, 0.25) is 0 Å². The lowest BCUT2D eigenvalue weighted by atomic mass is 10.1. The third-order valence-electron chi connectivity index (χ3n) is 5.07. The molecule has 3 amide bonds. The van der Waals surface area contributed by atoms with E-state index in [1.54, 1.807) is 18.2 Å². The molecule has 0 atom stereocenters. The molecule has 0 spiro atoms. The van der Waals surface area contributed by atoms with E-state index in [4.69, 9.17) is 4.74 Å². The third kappa shape index (κ3) is 6.24. The molecule has 1 aliphatic rings. The van der Waals surface area contributed by atoms with Crippen LogP contribution in [0.4, 0.5) is 10.5 Å². The molecule has 29 heavy (non-hydrogen) atoms. The minimum atomic E-state index is -0.302. The lowest BCUT2D eigenvalue weighted by Gasteiger charge is -2.14. The summed E-state index contributed by atoms with van der Waals surface area (Å²) < 4.78 is 5.62. The summed E-state index contributed by atoms with van der Waals surface area (Å²) >= 11 is 0. The highest BCUT2D eigenvalue weighted by atomic mass is 16.5. The van der Waals surface area contributed by atoms with Crippen LogP contribution in [0.5, 0.6) is 5.75 Å². The van der Waals surface area contributed by atoms with Gasteiger partial charge in [-0.1, -0.05) is 25.0 Å². The standard InChI is InChI=1S/C23H29N3O3/c1-16-6-5-9-20(14-16)29-13-12-24-23(28)26-21-11-10-18(15-17(21)2)22(27)25-19-7-3-4-8-19/h5-6,9-11,14-15,19H,3-4,7-8,12-13H2,1-2H3,(H,25,27)(H2,24,26,28). The Morgan fingerprint density at radius 3 is 2.59 bits per heavy atom. The summed E-state index contributed by atoms with van der Waals surface area (Å²) in [7, 11) is 0. The van der Waals surface area contributed by atoms with E-state index < -0.39 is 0 Å². The first-order chi connectivity index (χ1) is 14.0. The second kappa shape index (κ2) is 9.96. The molecule has 2 aromatic rings. The summed E-state index contributed by atoms with van der Waals surface area (Å²) in [5, 5.41) is 8.68. The van der Waals surface area contributed by atoms with Crippen molar-refractivity contribution in [3.8, 4) is 5.75 Å². The van der Waals surface area contributed by atoms with Gasteiger partial charge in [-0.2, -0.15) is 0 Å². The Hall–Kier alpha value is -3.02. The van der Waals surface area contributed by atoms with Crippen molar-refractivity contribution >= 4 is 17.6 Å². The van der Waals surface area contributed by atoms with E-state index in [-0.39, 0.29) is 18.0 Å². The van der Waals surface area contributed by atoms with Crippen LogP contribution in [0.2, 0.25) is 0 Å². The number of carbonyl (C=O) groups is 2. The Bertz CT molecular complexity index is 860. The van der Waals surface area contributed by atoms with Gasteiger partial charge in [-0.3, -0.25) is 4.79 Å². The van der Waals surface area contributed by atoms with Gasteiger partial charge in [0.15, 0.2) is 0 Å². The van der Waals surface area contributed by atoms with Crippen LogP contribution < -0.4 is 20.7 Å². The Labute approximate surface area is 172 Å². The van der Waals surface area contributed by atoms with Crippen molar-refractivity contribution < 1.29 is 14.3 Å². The molecule has 0 radical (unpaired) electrons. The maximum absolute atomic E-state index is 12.4. The van der Waals surface area contributed by atoms with E-state index in [9.17, 15) is 9.59 Å². The molecule has 6 nitrogen and oxygen atoms in total. The molecule has 0 saturated heterocycles. The lowest BCUT2D eigenvalue weighted by molar-refractivity contribution is 0.0938. The number of hydrogen-bond donors (Lipinski definition) is 3. The average Bonchev–Trinajstić information content (AvgIpc) is 3.20. The number of amides is 3. The number of aryl methyl sites for hydroxylation is 2. The molecule has 3 N–H and O–H groups in total. The number of carbonyl (C=O) groups excluding carboxylic acids is 2. The van der Waals surface area contributed by atoms with Crippen molar-refractivity contribution in [2.24, 2.45) is 0 Å². The van der Waals surface area contributed by atoms with E-state index in [0.717, 1.165) is 29.7 Å². The molecule has 1 aliphatic carbocycles. The molecule has 0 unspecified atom stereocenters. The van der Waals surface area contributed by atoms with Gasteiger partial charge < -0.3 is 20.7 Å². The zero-order valence-electron chi connectivity index (χ0n) is 17.1. The van der Waals surface area contributed by atoms with Crippen LogP contribution in [-0.4, -0.2) is 31.1 Å². The summed E-state index contributed by atoms with van der Waals surface area (Å²) in [6, 6.07) is 13.1. The molecule has 0 bridgehead atoms. The summed E-state index contributed by atoms with van der Waals surface area (Å²) in [6.07, 6.45) is 4.46. The Morgan fingerprint density at radius 2 is 1.86 bits per heavy atom. The monoisotopic (exact) mass is 395 g/mol. The molecule has 2 aromatic carbocycles. The normalized spacial score (nSPS) is 13.7. The van der Waals surface area contributed by atoms with E-state index in [2.05, 4.69) is 16.0 Å². The van der Waals surface area contributed by atoms with Gasteiger partial charge in [0.1, 0.15) is 12.4 Å². The molecule has 1 fully saturated rings. The van der Waals surface area contributed by atoms with Gasteiger partial charge in [-0.15, -0.1) is 0 Å². The Kier molecular flexibility index (Phi) is 7.11. The first-order valence-corrected chi connectivity index (χ1v) is 10.2. The summed E-state index contributed by atoms with van der Waals surface area (Å²) in [4.78, 5) is 24.5. The van der Waals surface area contributed by atoms with Gasteiger partial charge in [-0.05, 0) is 68.1 Å². The minimum absolute atomic E-state index is 0.0516. The average molecular weight is 396 g/mol. The summed E-state index contributed by atoms with van der Waals surface area (Å²) in [5.74, 6) is 0.735. The maximum atomic E-state index is 12.4. The second-order valence-electron chi connectivity index (χ2n) is 7.53. The van der Waals surface area contributed by atoms with E-state index in [0.29, 0.717) is 24.4 Å². The van der Waals surface area contributed by atoms with Crippen molar-refractivity contribution in [2.75, 3.05) is 18.5 Å². The minimum Gasteiger partial charge on any atom is -0.492 e. The molecule has 6 heteroatoms. The van der Waals surface area contributed by atoms with Crippen LogP contribution in [0.25, 0.3) is 0 Å². The largest absolute Gasteiger partial charge is 0.492 e. The fourth-order valence-electron chi connectivity index (χ4n) is 3.49. The Morgan fingerprint density at radius 1 is 1.07 bits per heavy atom. The molecular formula is C23H29N3O3. The molecule has 0 aromatic heterocycles. The fourth-order valence-corrected chi connectivity index (χ4v) is 3.49. The summed E-state index contributed by atoms with van der Waals surface area (Å²) in [5.41, 5.74) is 3.27. The predicted molar refractivity (Wildman–Crippen MR) is 115 cm³/mol. The van der Waals surface area contributed by atoms with Gasteiger partial charge in [0.05, 0.1) is 6.54 Å². The van der Waals surface area contributed by atoms with Crippen LogP contribution in [-0.2, 0) is 0 Å². The van der Waals surface area contributed by atoms with Crippen LogP contribution >= 0.6 is 0 Å². The van der Waals surface area contributed by atoms with Crippen molar-refractivity contribution in [3.05, 3.63) is 59.2 Å². The molecule has 154 valence electrons. The van der Waals surface area contributed by atoms with Crippen LogP contribution in [0.15, 0.2) is 42.5 Å². The number of benzene rings is 2. The predicted octanol–water partition coefficient (Wildman–Crippen LogP) is 4.18. The highest BCUT2D eigenvalue weighted by Gasteiger charge is 2.18. The third-order valence-corrected chi connectivity index (χ3v) is 5.07. The van der Waals surface area contributed by atoms with Crippen molar-refractivity contribution in [1.29, 1.82) is 0 Å². The number of nitrogens with one attached hydrogen (secondary N) is 3. The molecule has 3 rings (SSSR count). The number of rotatable bonds is 7. The highest BCUT2D eigenvalue weighted by molar-refractivity contribution is 5.96. The van der Waals surface area contributed by atoms with Gasteiger partial charge in [0.25, 0.3) is 5.91 Å². The maximum Gasteiger partial charge on any atom is 0.319 e. The molecule has 0 aliphatic heterocycles. The number of ether oxygens (including phenoxy) is 1. The zero-order chi connectivity index (χ0) is 20.6. The smallest absolute Gasteiger partial charge is 0.319 e. The highest BCUT2D eigenvalue weighted by Crippen LogP contribution is 2.20. The van der Waals surface area contributed by atoms with Crippen LogP contribution in [0, 0.1) is 13.8 Å². The van der Waals surface area contributed by atoms with E-state index in [1.165, 1.54) is 12.8 Å². The number of hydrogen-bond acceptors (Lipinski definition) is 3. The van der Waals surface area contributed by atoms with Crippen molar-refractivity contribution in [3.63, 3.8) is 0 Å². The second-order valence-corrected chi connectivity index (χ2v) is 7.53. The van der Waals surface area contributed by atoms with Crippen LogP contribution in [0.3, 0.4) is 0 Å². The van der Waals surface area contributed by atoms with Crippen molar-refractivity contribution in [2.45, 2.75) is 45.6 Å². The molecule has 1 saturated carbocycles. The SMILES string of the molecule is Cc1cccc(OCCNC(=O)Nc2ccc(C(=O)NC3CCCC3)cc2C)c1. The summed E-state index contributed by atoms with van der Waals surface area (Å²) in [6.45, 7) is 4.66. The van der Waals surface area contributed by atoms with Gasteiger partial charge >= 0.3 is 6.03 Å². The van der Waals surface area contributed by atoms with Gasteiger partial charge in [-0.25, -0.2) is 4.79 Å². The first-order valence-electron chi connectivity index (χ1n) is 10.2. The first kappa shape index (κ1) is 20.7. The van der Waals surface area contributed by atoms with E-state index >= 15 is 0 Å². The molecular weight excluding hydrogens is 366 g/mol. The Balaban J connectivity index is 1.44. The molecule has 0 heterocycles. The van der Waals surface area contributed by atoms with Crippen LogP contribution in [0.1, 0.15) is 47.2 Å². The quantitative estimate of drug-likeness (QED) is 0.616. The number of anilines is 1. The van der Waals surface area contributed by atoms with Crippen molar-refractivity contribution in [1.82, 2.24) is 10.6 Å². The number of urea groups is 1. The fraction of sp³-hybridized carbons (Fsp3) is 0.391. The van der Waals surface area contributed by atoms with E-state index in [1.807, 2.05) is 38.1 Å².